The van der Waals surface area contributed by atoms with E-state index in [4.69, 9.17) is 13.9 Å². The molecule has 2 unspecified atom stereocenters. The second kappa shape index (κ2) is 13.5. The van der Waals surface area contributed by atoms with Crippen molar-refractivity contribution >= 4 is 32.6 Å². The third kappa shape index (κ3) is 7.42. The number of furan rings is 1. The first kappa shape index (κ1) is 31.1. The number of hydrogen-bond acceptors (Lipinski definition) is 12. The van der Waals surface area contributed by atoms with Crippen molar-refractivity contribution in [2.45, 2.75) is 30.7 Å². The second-order valence-electron chi connectivity index (χ2n) is 10.4. The number of hydrogen-bond donors (Lipinski definition) is 6. The molecule has 230 valence electrons. The van der Waals surface area contributed by atoms with Crippen molar-refractivity contribution in [1.29, 1.82) is 5.26 Å². The predicted octanol–water partition coefficient (Wildman–Crippen LogP) is 0.428. The number of allylic oxidation sites excluding steroid dienone is 1. The van der Waals surface area contributed by atoms with Gasteiger partial charge in [0.1, 0.15) is 42.0 Å². The number of benzene rings is 2. The second-order valence-corrected chi connectivity index (χ2v) is 12.1. The third-order valence-electron chi connectivity index (χ3n) is 7.45. The molecule has 2 aromatic carbocycles. The number of fused-ring (bicyclic) bond motifs is 1. The number of aliphatic hydroxyl groups is 4. The first-order chi connectivity index (χ1) is 20.6. The SMILES string of the molecule is N#C/C(=C\c1ccc(-c2ccc3cc(NCCN4CCOCC4)ccc3c2)o1)S(=O)(=O)NCC1OC(O)[C@H](O)[C@@H](O)[C@@H]1O. The van der Waals surface area contributed by atoms with Crippen LogP contribution in [0.25, 0.3) is 28.2 Å². The quantitative estimate of drug-likeness (QED) is 0.173. The zero-order valence-electron chi connectivity index (χ0n) is 23.2. The lowest BCUT2D eigenvalue weighted by atomic mass is 9.99. The van der Waals surface area contributed by atoms with Crippen LogP contribution in [0, 0.1) is 11.3 Å². The molecule has 0 amide bonds. The summed E-state index contributed by atoms with van der Waals surface area (Å²) < 4.78 is 43.9. The number of aliphatic hydroxyl groups excluding tert-OH is 4. The van der Waals surface area contributed by atoms with E-state index in [1.807, 2.05) is 30.3 Å². The third-order valence-corrected chi connectivity index (χ3v) is 8.78. The summed E-state index contributed by atoms with van der Waals surface area (Å²) in [5, 5.41) is 54.1. The van der Waals surface area contributed by atoms with E-state index in [0.717, 1.165) is 67.5 Å². The average molecular weight is 615 g/mol. The molecule has 2 fully saturated rings. The molecule has 3 heterocycles. The van der Waals surface area contributed by atoms with Crippen molar-refractivity contribution in [3.05, 3.63) is 59.2 Å². The Morgan fingerprint density at radius 1 is 1.00 bits per heavy atom. The summed E-state index contributed by atoms with van der Waals surface area (Å²) in [7, 11) is -4.38. The van der Waals surface area contributed by atoms with Gasteiger partial charge in [-0.3, -0.25) is 4.90 Å². The number of morpholine rings is 1. The van der Waals surface area contributed by atoms with Crippen molar-refractivity contribution in [3.63, 3.8) is 0 Å². The normalized spacial score (nSPS) is 25.5. The van der Waals surface area contributed by atoms with Crippen molar-refractivity contribution in [1.82, 2.24) is 9.62 Å². The van der Waals surface area contributed by atoms with E-state index in [-0.39, 0.29) is 5.76 Å². The molecule has 0 spiro atoms. The summed E-state index contributed by atoms with van der Waals surface area (Å²) in [6, 6.07) is 16.8. The minimum atomic E-state index is -4.38. The highest BCUT2D eigenvalue weighted by molar-refractivity contribution is 7.93. The summed E-state index contributed by atoms with van der Waals surface area (Å²) in [5.74, 6) is 0.600. The Morgan fingerprint density at radius 2 is 1.74 bits per heavy atom. The molecule has 0 saturated carbocycles. The van der Waals surface area contributed by atoms with Crippen LogP contribution in [0.5, 0.6) is 0 Å². The molecule has 0 aliphatic carbocycles. The Labute approximate surface area is 248 Å². The number of nitriles is 1. The number of anilines is 1. The Balaban J connectivity index is 1.23. The van der Waals surface area contributed by atoms with Gasteiger partial charge in [-0.1, -0.05) is 18.2 Å². The zero-order chi connectivity index (χ0) is 30.6. The smallest absolute Gasteiger partial charge is 0.250 e. The van der Waals surface area contributed by atoms with E-state index in [2.05, 4.69) is 21.0 Å². The molecule has 1 aromatic heterocycles. The Kier molecular flexibility index (Phi) is 9.77. The van der Waals surface area contributed by atoms with Gasteiger partial charge in [-0.15, -0.1) is 0 Å². The lowest BCUT2D eigenvalue weighted by molar-refractivity contribution is -0.279. The highest BCUT2D eigenvalue weighted by atomic mass is 32.2. The van der Waals surface area contributed by atoms with Gasteiger partial charge in [-0.2, -0.15) is 5.26 Å². The maximum absolute atomic E-state index is 12.8. The molecular weight excluding hydrogens is 580 g/mol. The zero-order valence-corrected chi connectivity index (χ0v) is 24.0. The lowest BCUT2D eigenvalue weighted by Gasteiger charge is -2.38. The molecule has 0 bridgehead atoms. The van der Waals surface area contributed by atoms with Gasteiger partial charge in [0, 0.05) is 50.1 Å². The van der Waals surface area contributed by atoms with E-state index in [9.17, 15) is 34.1 Å². The molecule has 5 atom stereocenters. The molecule has 2 aliphatic rings. The first-order valence-corrected chi connectivity index (χ1v) is 15.3. The summed E-state index contributed by atoms with van der Waals surface area (Å²) >= 11 is 0. The van der Waals surface area contributed by atoms with Gasteiger partial charge in [-0.05, 0) is 41.1 Å². The van der Waals surface area contributed by atoms with E-state index in [0.29, 0.717) is 5.76 Å². The maximum Gasteiger partial charge on any atom is 0.250 e. The molecule has 5 rings (SSSR count). The van der Waals surface area contributed by atoms with Crippen LogP contribution >= 0.6 is 0 Å². The molecule has 2 saturated heterocycles. The number of ether oxygens (including phenoxy) is 2. The number of nitrogens with one attached hydrogen (secondary N) is 2. The van der Waals surface area contributed by atoms with Crippen LogP contribution in [0.4, 0.5) is 5.69 Å². The van der Waals surface area contributed by atoms with Gasteiger partial charge in [-0.25, -0.2) is 13.1 Å². The predicted molar refractivity (Wildman–Crippen MR) is 157 cm³/mol. The highest BCUT2D eigenvalue weighted by Crippen LogP contribution is 2.29. The largest absolute Gasteiger partial charge is 0.457 e. The molecule has 3 aromatic rings. The van der Waals surface area contributed by atoms with Gasteiger partial charge in [0.2, 0.25) is 0 Å². The van der Waals surface area contributed by atoms with Gasteiger partial charge >= 0.3 is 0 Å². The standard InChI is InChI=1S/C29H34N4O9S/c30-16-23(43(38,39)32-17-25-26(34)27(35)28(36)29(37)42-25)15-22-5-6-24(41-22)20-2-1-19-14-21(4-3-18(19)13-20)31-7-8-33-9-11-40-12-10-33/h1-6,13-15,25-29,31-32,34-37H,7-12,17H2/b23-15+/t25?,26-,27+,28-,29?/m1/s1. The lowest BCUT2D eigenvalue weighted by Crippen LogP contribution is -2.59. The number of rotatable bonds is 10. The van der Waals surface area contributed by atoms with Gasteiger partial charge in [0.05, 0.1) is 13.2 Å². The average Bonchev–Trinajstić information content (AvgIpc) is 3.49. The minimum Gasteiger partial charge on any atom is -0.457 e. The monoisotopic (exact) mass is 614 g/mol. The van der Waals surface area contributed by atoms with Crippen molar-refractivity contribution in [3.8, 4) is 17.4 Å². The highest BCUT2D eigenvalue weighted by Gasteiger charge is 2.43. The van der Waals surface area contributed by atoms with Crippen LogP contribution < -0.4 is 10.0 Å². The van der Waals surface area contributed by atoms with Gasteiger partial charge < -0.3 is 39.6 Å². The number of nitrogens with zero attached hydrogens (tertiary/aromatic N) is 2. The van der Waals surface area contributed by atoms with E-state index < -0.39 is 52.2 Å². The first-order valence-electron chi connectivity index (χ1n) is 13.8. The molecule has 43 heavy (non-hydrogen) atoms. The molecule has 13 nitrogen and oxygen atoms in total. The van der Waals surface area contributed by atoms with E-state index in [1.165, 1.54) is 6.07 Å². The van der Waals surface area contributed by atoms with E-state index >= 15 is 0 Å². The summed E-state index contributed by atoms with van der Waals surface area (Å²) in [6.07, 6.45) is -7.29. The van der Waals surface area contributed by atoms with Crippen molar-refractivity contribution < 1.29 is 42.7 Å². The van der Waals surface area contributed by atoms with E-state index in [1.54, 1.807) is 12.1 Å². The maximum atomic E-state index is 12.8. The van der Waals surface area contributed by atoms with Gasteiger partial charge in [0.25, 0.3) is 10.0 Å². The fourth-order valence-corrected chi connectivity index (χ4v) is 5.88. The number of sulfonamides is 1. The van der Waals surface area contributed by atoms with Crippen LogP contribution in [0.2, 0.25) is 0 Å². The molecule has 2 aliphatic heterocycles. The molecular formula is C29H34N4O9S. The van der Waals surface area contributed by atoms with Crippen LogP contribution in [0.3, 0.4) is 0 Å². The summed E-state index contributed by atoms with van der Waals surface area (Å²) in [4.78, 5) is 1.71. The summed E-state index contributed by atoms with van der Waals surface area (Å²) in [6.45, 7) is 4.64. The Bertz CT molecular complexity index is 1600. The summed E-state index contributed by atoms with van der Waals surface area (Å²) in [5.41, 5.74) is 1.79. The molecule has 6 N–H and O–H groups in total. The topological polar surface area (TPSA) is 198 Å². The Morgan fingerprint density at radius 3 is 2.51 bits per heavy atom. The molecule has 0 radical (unpaired) electrons. The van der Waals surface area contributed by atoms with Crippen LogP contribution in [0.1, 0.15) is 5.76 Å². The van der Waals surface area contributed by atoms with Crippen LogP contribution in [-0.4, -0.2) is 110 Å². The Hall–Kier alpha value is -3.36. The van der Waals surface area contributed by atoms with Crippen molar-refractivity contribution in [2.75, 3.05) is 51.3 Å². The molecule has 14 heteroatoms. The van der Waals surface area contributed by atoms with Crippen molar-refractivity contribution in [2.24, 2.45) is 0 Å². The van der Waals surface area contributed by atoms with Crippen LogP contribution in [0.15, 0.2) is 57.9 Å². The fourth-order valence-electron chi connectivity index (χ4n) is 4.95. The minimum absolute atomic E-state index is 0.125. The fraction of sp³-hybridized carbons (Fsp3) is 0.414. The van der Waals surface area contributed by atoms with Gasteiger partial charge in [0.15, 0.2) is 11.2 Å². The van der Waals surface area contributed by atoms with Crippen LogP contribution in [-0.2, 0) is 19.5 Å².